The Morgan fingerprint density at radius 1 is 1.75 bits per heavy atom. The van der Waals surface area contributed by atoms with Crippen molar-refractivity contribution in [2.75, 3.05) is 5.32 Å². The first-order chi connectivity index (χ1) is 5.74. The molecule has 4 nitrogen and oxygen atoms in total. The zero-order valence-electron chi connectivity index (χ0n) is 6.53. The number of aromatic nitrogens is 1. The smallest absolute Gasteiger partial charge is 0.221 e. The summed E-state index contributed by atoms with van der Waals surface area (Å²) in [7, 11) is 0. The van der Waals surface area contributed by atoms with E-state index >= 15 is 0 Å². The van der Waals surface area contributed by atoms with Crippen molar-refractivity contribution in [3.63, 3.8) is 0 Å². The molecule has 0 aliphatic heterocycles. The molecule has 1 N–H and O–H groups in total. The number of carbonyl (C=O) groups excluding carboxylic acids is 1. The summed E-state index contributed by atoms with van der Waals surface area (Å²) in [4.78, 5) is 14.4. The van der Waals surface area contributed by atoms with Crippen molar-refractivity contribution in [2.24, 2.45) is 0 Å². The average Bonchev–Trinajstić information content (AvgIpc) is 2.04. The van der Waals surface area contributed by atoms with E-state index in [1.165, 1.54) is 19.3 Å². The molecule has 4 heteroatoms. The average molecular weight is 161 g/mol. The van der Waals surface area contributed by atoms with Gasteiger partial charge < -0.3 is 5.32 Å². The third-order valence-corrected chi connectivity index (χ3v) is 1.25. The van der Waals surface area contributed by atoms with Crippen LogP contribution in [0.15, 0.2) is 18.5 Å². The number of amides is 1. The van der Waals surface area contributed by atoms with Gasteiger partial charge in [0.25, 0.3) is 0 Å². The van der Waals surface area contributed by atoms with Gasteiger partial charge in [-0.1, -0.05) is 0 Å². The van der Waals surface area contributed by atoms with Gasteiger partial charge in [0.05, 0.1) is 11.3 Å². The van der Waals surface area contributed by atoms with Crippen molar-refractivity contribution in [3.8, 4) is 6.07 Å². The molecule has 0 saturated heterocycles. The highest BCUT2D eigenvalue weighted by molar-refractivity contribution is 5.89. The van der Waals surface area contributed by atoms with Crippen LogP contribution in [0.4, 0.5) is 5.69 Å². The maximum Gasteiger partial charge on any atom is 0.221 e. The van der Waals surface area contributed by atoms with Gasteiger partial charge in [-0.2, -0.15) is 5.26 Å². The van der Waals surface area contributed by atoms with Gasteiger partial charge in [0.15, 0.2) is 0 Å². The van der Waals surface area contributed by atoms with E-state index in [2.05, 4.69) is 10.3 Å². The molecule has 1 aromatic rings. The fourth-order valence-corrected chi connectivity index (χ4v) is 0.782. The quantitative estimate of drug-likeness (QED) is 0.665. The molecule has 1 heterocycles. The molecule has 0 aliphatic rings. The number of nitrogens with zero attached hydrogens (tertiary/aromatic N) is 2. The number of carbonyl (C=O) groups is 1. The van der Waals surface area contributed by atoms with E-state index in [9.17, 15) is 4.79 Å². The minimum absolute atomic E-state index is 0.197. The number of anilines is 1. The van der Waals surface area contributed by atoms with Crippen LogP contribution in [-0.2, 0) is 4.79 Å². The fourth-order valence-electron chi connectivity index (χ4n) is 0.782. The van der Waals surface area contributed by atoms with Crippen LogP contribution in [0.25, 0.3) is 0 Å². The lowest BCUT2D eigenvalue weighted by atomic mass is 10.2. The second-order valence-electron chi connectivity index (χ2n) is 2.21. The van der Waals surface area contributed by atoms with Gasteiger partial charge in [0.1, 0.15) is 6.07 Å². The minimum Gasteiger partial charge on any atom is -0.325 e. The van der Waals surface area contributed by atoms with Crippen LogP contribution >= 0.6 is 0 Å². The largest absolute Gasteiger partial charge is 0.325 e. The summed E-state index contributed by atoms with van der Waals surface area (Å²) in [5.41, 5.74) is 0.868. The molecular weight excluding hydrogens is 154 g/mol. The number of nitrogens with one attached hydrogen (secondary N) is 1. The Balaban J connectivity index is 2.99. The van der Waals surface area contributed by atoms with Crippen molar-refractivity contribution in [2.45, 2.75) is 6.92 Å². The molecule has 0 radical (unpaired) electrons. The van der Waals surface area contributed by atoms with Gasteiger partial charge in [0, 0.05) is 19.3 Å². The van der Waals surface area contributed by atoms with Gasteiger partial charge in [-0.15, -0.1) is 0 Å². The van der Waals surface area contributed by atoms with E-state index in [-0.39, 0.29) is 5.91 Å². The number of nitriles is 1. The van der Waals surface area contributed by atoms with Crippen LogP contribution in [0, 0.1) is 11.3 Å². The summed E-state index contributed by atoms with van der Waals surface area (Å²) in [6, 6.07) is 3.51. The molecule has 0 bridgehead atoms. The first-order valence-electron chi connectivity index (χ1n) is 3.35. The summed E-state index contributed by atoms with van der Waals surface area (Å²) >= 11 is 0. The highest BCUT2D eigenvalue weighted by atomic mass is 16.1. The van der Waals surface area contributed by atoms with E-state index in [1.807, 2.05) is 6.07 Å². The van der Waals surface area contributed by atoms with Crippen LogP contribution in [0.3, 0.4) is 0 Å². The molecule has 0 spiro atoms. The maximum absolute atomic E-state index is 10.6. The molecular formula is C8H7N3O. The van der Waals surface area contributed by atoms with E-state index in [0.29, 0.717) is 11.3 Å². The lowest BCUT2D eigenvalue weighted by Gasteiger charge is -2.01. The van der Waals surface area contributed by atoms with Crippen molar-refractivity contribution >= 4 is 11.6 Å². The van der Waals surface area contributed by atoms with Crippen molar-refractivity contribution < 1.29 is 4.79 Å². The molecule has 0 aromatic carbocycles. The van der Waals surface area contributed by atoms with Crippen LogP contribution < -0.4 is 5.32 Å². The molecule has 12 heavy (non-hydrogen) atoms. The highest BCUT2D eigenvalue weighted by Gasteiger charge is 2.01. The van der Waals surface area contributed by atoms with Gasteiger partial charge in [-0.05, 0) is 6.07 Å². The third kappa shape index (κ3) is 1.80. The summed E-state index contributed by atoms with van der Waals surface area (Å²) < 4.78 is 0. The van der Waals surface area contributed by atoms with Crippen molar-refractivity contribution in [3.05, 3.63) is 24.0 Å². The Morgan fingerprint density at radius 3 is 3.08 bits per heavy atom. The monoisotopic (exact) mass is 161 g/mol. The van der Waals surface area contributed by atoms with E-state index in [1.54, 1.807) is 6.07 Å². The lowest BCUT2D eigenvalue weighted by Crippen LogP contribution is -2.07. The first kappa shape index (κ1) is 8.21. The van der Waals surface area contributed by atoms with Crippen LogP contribution in [0.1, 0.15) is 12.5 Å². The van der Waals surface area contributed by atoms with Gasteiger partial charge in [-0.3, -0.25) is 9.78 Å². The number of hydrogen-bond donors (Lipinski definition) is 1. The SMILES string of the molecule is CC(=O)Nc1ccncc1C#N. The van der Waals surface area contributed by atoms with E-state index < -0.39 is 0 Å². The molecule has 1 aromatic heterocycles. The molecule has 0 saturated carbocycles. The van der Waals surface area contributed by atoms with Gasteiger partial charge >= 0.3 is 0 Å². The topological polar surface area (TPSA) is 65.8 Å². The summed E-state index contributed by atoms with van der Waals surface area (Å²) in [6.45, 7) is 1.39. The standard InChI is InChI=1S/C8H7N3O/c1-6(12)11-8-2-3-10-5-7(8)4-9/h2-3,5H,1H3,(H,10,11,12). The molecule has 1 rings (SSSR count). The zero-order valence-corrected chi connectivity index (χ0v) is 6.53. The van der Waals surface area contributed by atoms with Crippen molar-refractivity contribution in [1.29, 1.82) is 5.26 Å². The molecule has 0 aliphatic carbocycles. The Bertz CT molecular complexity index is 340. The second kappa shape index (κ2) is 3.49. The highest BCUT2D eigenvalue weighted by Crippen LogP contribution is 2.10. The number of hydrogen-bond acceptors (Lipinski definition) is 3. The lowest BCUT2D eigenvalue weighted by molar-refractivity contribution is -0.114. The van der Waals surface area contributed by atoms with Crippen molar-refractivity contribution in [1.82, 2.24) is 4.98 Å². The van der Waals surface area contributed by atoms with E-state index in [0.717, 1.165) is 0 Å². The molecule has 0 unspecified atom stereocenters. The normalized spacial score (nSPS) is 8.67. The minimum atomic E-state index is -0.197. The Labute approximate surface area is 69.8 Å². The first-order valence-corrected chi connectivity index (χ1v) is 3.35. The molecule has 0 fully saturated rings. The second-order valence-corrected chi connectivity index (χ2v) is 2.21. The van der Waals surface area contributed by atoms with Crippen LogP contribution in [-0.4, -0.2) is 10.9 Å². The zero-order chi connectivity index (χ0) is 8.97. The predicted octanol–water partition coefficient (Wildman–Crippen LogP) is 0.912. The molecule has 60 valence electrons. The Hall–Kier alpha value is -1.89. The molecule has 1 amide bonds. The van der Waals surface area contributed by atoms with Gasteiger partial charge in [-0.25, -0.2) is 0 Å². The summed E-state index contributed by atoms with van der Waals surface area (Å²) in [6.07, 6.45) is 2.93. The van der Waals surface area contributed by atoms with Crippen LogP contribution in [0.2, 0.25) is 0 Å². The summed E-state index contributed by atoms with van der Waals surface area (Å²) in [5, 5.41) is 11.1. The van der Waals surface area contributed by atoms with E-state index in [4.69, 9.17) is 5.26 Å². The Kier molecular flexibility index (Phi) is 2.38. The Morgan fingerprint density at radius 2 is 2.50 bits per heavy atom. The maximum atomic E-state index is 10.6. The summed E-state index contributed by atoms with van der Waals surface area (Å²) in [5.74, 6) is -0.197. The van der Waals surface area contributed by atoms with Gasteiger partial charge in [0.2, 0.25) is 5.91 Å². The fraction of sp³-hybridized carbons (Fsp3) is 0.125. The number of rotatable bonds is 1. The number of pyridine rings is 1. The predicted molar refractivity (Wildman–Crippen MR) is 43.3 cm³/mol. The van der Waals surface area contributed by atoms with Crippen LogP contribution in [0.5, 0.6) is 0 Å². The third-order valence-electron chi connectivity index (χ3n) is 1.25. The molecule has 0 atom stereocenters.